The molecule has 1 aliphatic carbocycles. The number of carbonyl (C=O) groups excluding carboxylic acids is 1. The minimum atomic E-state index is -0.0294. The Kier molecular flexibility index (Phi) is 8.83. The summed E-state index contributed by atoms with van der Waals surface area (Å²) < 4.78 is 0. The summed E-state index contributed by atoms with van der Waals surface area (Å²) in [7, 11) is 0. The van der Waals surface area contributed by atoms with Crippen LogP contribution in [0.25, 0.3) is 22.2 Å². The van der Waals surface area contributed by atoms with Crippen LogP contribution in [0.4, 0.5) is 0 Å². The molecule has 0 unspecified atom stereocenters. The van der Waals surface area contributed by atoms with Gasteiger partial charge in [0.05, 0.1) is 29.4 Å². The molecule has 1 heterocycles. The number of pyridine rings is 1. The van der Waals surface area contributed by atoms with Crippen molar-refractivity contribution >= 4 is 16.8 Å². The molecule has 3 aromatic rings. The van der Waals surface area contributed by atoms with Gasteiger partial charge >= 0.3 is 0 Å². The van der Waals surface area contributed by atoms with E-state index in [0.717, 1.165) is 27.7 Å². The molecule has 2 aromatic carbocycles. The van der Waals surface area contributed by atoms with Gasteiger partial charge in [-0.15, -0.1) is 0 Å². The molecule has 4 rings (SSSR count). The van der Waals surface area contributed by atoms with E-state index in [1.165, 1.54) is 32.1 Å². The Morgan fingerprint density at radius 3 is 2.51 bits per heavy atom. The lowest BCUT2D eigenvalue weighted by atomic mass is 9.84. The molecular weight excluding hydrogens is 434 g/mol. The number of rotatable bonds is 10. The summed E-state index contributed by atoms with van der Waals surface area (Å²) in [5, 5.41) is 19.5. The van der Waals surface area contributed by atoms with Crippen molar-refractivity contribution in [2.45, 2.75) is 51.6 Å². The molecule has 1 aromatic heterocycles. The van der Waals surface area contributed by atoms with Crippen LogP contribution in [0.1, 0.15) is 54.9 Å². The molecule has 1 atom stereocenters. The van der Waals surface area contributed by atoms with Crippen LogP contribution in [-0.2, 0) is 6.54 Å². The van der Waals surface area contributed by atoms with Gasteiger partial charge in [-0.1, -0.05) is 67.8 Å². The van der Waals surface area contributed by atoms with Crippen LogP contribution in [-0.4, -0.2) is 36.6 Å². The lowest BCUT2D eigenvalue weighted by molar-refractivity contribution is 0.0920. The Balaban J connectivity index is 1.71. The summed E-state index contributed by atoms with van der Waals surface area (Å²) in [4.78, 5) is 18.9. The Morgan fingerprint density at radius 1 is 1.03 bits per heavy atom. The molecule has 1 fully saturated rings. The molecule has 1 aliphatic rings. The summed E-state index contributed by atoms with van der Waals surface area (Å²) >= 11 is 0. The van der Waals surface area contributed by atoms with Gasteiger partial charge < -0.3 is 16.0 Å². The van der Waals surface area contributed by atoms with Crippen molar-refractivity contribution in [1.82, 2.24) is 20.9 Å². The monoisotopic (exact) mass is 469 g/mol. The average Bonchev–Trinajstić information content (AvgIpc) is 2.90. The van der Waals surface area contributed by atoms with E-state index in [2.05, 4.69) is 28.9 Å². The number of nitriles is 1. The Labute approximate surface area is 208 Å². The number of hydrogen-bond donors (Lipinski definition) is 3. The van der Waals surface area contributed by atoms with Crippen molar-refractivity contribution in [3.8, 4) is 17.3 Å². The molecule has 0 radical (unpaired) electrons. The molecule has 0 bridgehead atoms. The second-order valence-electron chi connectivity index (χ2n) is 9.37. The van der Waals surface area contributed by atoms with Crippen molar-refractivity contribution in [3.05, 3.63) is 65.7 Å². The zero-order valence-corrected chi connectivity index (χ0v) is 20.5. The molecule has 35 heavy (non-hydrogen) atoms. The highest BCUT2D eigenvalue weighted by molar-refractivity contribution is 6.09. The van der Waals surface area contributed by atoms with Gasteiger partial charge in [0, 0.05) is 42.2 Å². The number of benzene rings is 2. The number of para-hydroxylation sites is 1. The minimum absolute atomic E-state index is 0.0294. The number of nitrogens with zero attached hydrogens (tertiary/aromatic N) is 2. The third-order valence-corrected chi connectivity index (χ3v) is 6.97. The fourth-order valence-electron chi connectivity index (χ4n) is 5.08. The SMILES string of the molecule is C[C@H](NC(=O)c1c(CNCCNCC#N)c(-c2ccccc2)nc2ccccc12)C1CCCCC1. The first-order chi connectivity index (χ1) is 17.2. The Bertz CT molecular complexity index is 1160. The molecule has 3 N–H and O–H groups in total. The zero-order chi connectivity index (χ0) is 24.5. The second-order valence-corrected chi connectivity index (χ2v) is 9.37. The van der Waals surface area contributed by atoms with E-state index in [1.807, 2.05) is 54.6 Å². The molecule has 0 spiro atoms. The van der Waals surface area contributed by atoms with Crippen molar-refractivity contribution < 1.29 is 4.79 Å². The van der Waals surface area contributed by atoms with E-state index >= 15 is 0 Å². The highest BCUT2D eigenvalue weighted by Gasteiger charge is 2.26. The predicted molar refractivity (Wildman–Crippen MR) is 141 cm³/mol. The van der Waals surface area contributed by atoms with E-state index in [1.54, 1.807) is 0 Å². The van der Waals surface area contributed by atoms with Crippen LogP contribution in [0, 0.1) is 17.2 Å². The topological polar surface area (TPSA) is 89.8 Å². The van der Waals surface area contributed by atoms with Gasteiger partial charge in [0.1, 0.15) is 0 Å². The van der Waals surface area contributed by atoms with Crippen LogP contribution in [0.15, 0.2) is 54.6 Å². The Hall–Kier alpha value is -3.27. The predicted octanol–water partition coefficient (Wildman–Crippen LogP) is 4.80. The first-order valence-electron chi connectivity index (χ1n) is 12.8. The van der Waals surface area contributed by atoms with Crippen molar-refractivity contribution in [2.75, 3.05) is 19.6 Å². The van der Waals surface area contributed by atoms with Gasteiger partial charge in [0.25, 0.3) is 5.91 Å². The van der Waals surface area contributed by atoms with Crippen molar-refractivity contribution in [3.63, 3.8) is 0 Å². The highest BCUT2D eigenvalue weighted by atomic mass is 16.1. The quantitative estimate of drug-likeness (QED) is 0.293. The maximum Gasteiger partial charge on any atom is 0.252 e. The van der Waals surface area contributed by atoms with E-state index in [4.69, 9.17) is 10.2 Å². The molecule has 0 saturated heterocycles. The fourth-order valence-corrected chi connectivity index (χ4v) is 5.08. The number of carbonyl (C=O) groups is 1. The third-order valence-electron chi connectivity index (χ3n) is 6.97. The first kappa shape index (κ1) is 24.8. The summed E-state index contributed by atoms with van der Waals surface area (Å²) in [6.07, 6.45) is 6.15. The maximum absolute atomic E-state index is 13.9. The van der Waals surface area contributed by atoms with Crippen LogP contribution in [0.5, 0.6) is 0 Å². The molecule has 0 aliphatic heterocycles. The number of fused-ring (bicyclic) bond motifs is 1. The van der Waals surface area contributed by atoms with Gasteiger partial charge in [0.15, 0.2) is 0 Å². The van der Waals surface area contributed by atoms with Crippen LogP contribution < -0.4 is 16.0 Å². The smallest absolute Gasteiger partial charge is 0.252 e. The summed E-state index contributed by atoms with van der Waals surface area (Å²) in [5.74, 6) is 0.500. The maximum atomic E-state index is 13.9. The van der Waals surface area contributed by atoms with Crippen LogP contribution in [0.3, 0.4) is 0 Å². The van der Waals surface area contributed by atoms with Gasteiger partial charge in [-0.3, -0.25) is 4.79 Å². The van der Waals surface area contributed by atoms with Gasteiger partial charge in [-0.05, 0) is 31.7 Å². The average molecular weight is 470 g/mol. The third kappa shape index (κ3) is 6.25. The van der Waals surface area contributed by atoms with Gasteiger partial charge in [0.2, 0.25) is 0 Å². The summed E-state index contributed by atoms with van der Waals surface area (Å²) in [5.41, 5.74) is 4.25. The molecule has 1 amide bonds. The molecule has 1 saturated carbocycles. The van der Waals surface area contributed by atoms with Crippen molar-refractivity contribution in [2.24, 2.45) is 5.92 Å². The molecule has 182 valence electrons. The number of amides is 1. The van der Waals surface area contributed by atoms with Crippen LogP contribution >= 0.6 is 0 Å². The molecule has 6 nitrogen and oxygen atoms in total. The largest absolute Gasteiger partial charge is 0.349 e. The standard InChI is InChI=1S/C29H35N5O/c1-21(22-10-4-2-5-11-22)33-29(35)27-24-14-8-9-15-26(24)34-28(23-12-6-3-7-13-23)25(27)20-32-19-18-31-17-16-30/h3,6-9,12-15,21-22,31-32H,2,4-5,10-11,17-20H2,1H3,(H,33,35)/t21-/m0/s1. The normalized spacial score (nSPS) is 15.0. The van der Waals surface area contributed by atoms with E-state index in [0.29, 0.717) is 37.7 Å². The Morgan fingerprint density at radius 2 is 1.74 bits per heavy atom. The lowest BCUT2D eigenvalue weighted by Crippen LogP contribution is -2.39. The van der Waals surface area contributed by atoms with Crippen molar-refractivity contribution in [1.29, 1.82) is 5.26 Å². The number of hydrogen-bond acceptors (Lipinski definition) is 5. The minimum Gasteiger partial charge on any atom is -0.349 e. The number of aromatic nitrogens is 1. The summed E-state index contributed by atoms with van der Waals surface area (Å²) in [6.45, 7) is 4.34. The zero-order valence-electron chi connectivity index (χ0n) is 20.5. The molecule has 6 heteroatoms. The molecular formula is C29H35N5O. The van der Waals surface area contributed by atoms with E-state index < -0.39 is 0 Å². The highest BCUT2D eigenvalue weighted by Crippen LogP contribution is 2.31. The van der Waals surface area contributed by atoms with Gasteiger partial charge in [-0.25, -0.2) is 4.98 Å². The summed E-state index contributed by atoms with van der Waals surface area (Å²) in [6, 6.07) is 20.2. The lowest BCUT2D eigenvalue weighted by Gasteiger charge is -2.29. The van der Waals surface area contributed by atoms with E-state index in [-0.39, 0.29) is 11.9 Å². The first-order valence-corrected chi connectivity index (χ1v) is 12.8. The van der Waals surface area contributed by atoms with Gasteiger partial charge in [-0.2, -0.15) is 5.26 Å². The second kappa shape index (κ2) is 12.4. The number of nitrogens with one attached hydrogen (secondary N) is 3. The van der Waals surface area contributed by atoms with Crippen LogP contribution in [0.2, 0.25) is 0 Å². The fraction of sp³-hybridized carbons (Fsp3) is 0.414. The van der Waals surface area contributed by atoms with E-state index in [9.17, 15) is 4.79 Å².